The van der Waals surface area contributed by atoms with E-state index in [2.05, 4.69) is 4.98 Å². The van der Waals surface area contributed by atoms with Crippen LogP contribution in [0.15, 0.2) is 47.3 Å². The molecule has 2 aromatic carbocycles. The van der Waals surface area contributed by atoms with E-state index in [-0.39, 0.29) is 11.3 Å². The lowest BCUT2D eigenvalue weighted by Gasteiger charge is -2.04. The molecule has 1 aromatic heterocycles. The van der Waals surface area contributed by atoms with Gasteiger partial charge in [-0.15, -0.1) is 0 Å². The molecule has 0 unspecified atom stereocenters. The second-order valence-corrected chi connectivity index (χ2v) is 3.70. The normalized spacial score (nSPS) is 11.0. The SMILES string of the molecule is O=c1[nH]c2cccc(O)c2c2ccccc12. The van der Waals surface area contributed by atoms with E-state index in [0.717, 1.165) is 5.39 Å². The van der Waals surface area contributed by atoms with Crippen molar-refractivity contribution in [2.45, 2.75) is 0 Å². The number of rotatable bonds is 0. The zero-order valence-corrected chi connectivity index (χ0v) is 8.40. The molecule has 0 fully saturated rings. The molecule has 1 heterocycles. The first-order valence-electron chi connectivity index (χ1n) is 5.00. The predicted molar refractivity (Wildman–Crippen MR) is 63.7 cm³/mol. The first-order valence-corrected chi connectivity index (χ1v) is 5.00. The fourth-order valence-corrected chi connectivity index (χ4v) is 2.02. The molecule has 3 aromatic rings. The molecule has 0 saturated carbocycles. The summed E-state index contributed by atoms with van der Waals surface area (Å²) in [6.07, 6.45) is 0. The van der Waals surface area contributed by atoms with Crippen molar-refractivity contribution >= 4 is 21.7 Å². The first kappa shape index (κ1) is 8.97. The minimum atomic E-state index is -0.131. The van der Waals surface area contributed by atoms with Crippen molar-refractivity contribution in [2.24, 2.45) is 0 Å². The summed E-state index contributed by atoms with van der Waals surface area (Å²) in [5, 5.41) is 11.9. The minimum absolute atomic E-state index is 0.131. The van der Waals surface area contributed by atoms with Gasteiger partial charge in [0.2, 0.25) is 0 Å². The molecule has 0 atom stereocenters. The smallest absolute Gasteiger partial charge is 0.256 e. The molecule has 0 saturated heterocycles. The summed E-state index contributed by atoms with van der Waals surface area (Å²) in [4.78, 5) is 14.5. The van der Waals surface area contributed by atoms with Crippen LogP contribution in [0.5, 0.6) is 5.75 Å². The first-order chi connectivity index (χ1) is 7.77. The summed E-state index contributed by atoms with van der Waals surface area (Å²) in [7, 11) is 0. The Morgan fingerprint density at radius 2 is 1.69 bits per heavy atom. The third kappa shape index (κ3) is 1.11. The number of benzene rings is 2. The van der Waals surface area contributed by atoms with Gasteiger partial charge in [0, 0.05) is 16.2 Å². The average molecular weight is 211 g/mol. The van der Waals surface area contributed by atoms with Crippen LogP contribution in [0.25, 0.3) is 21.7 Å². The van der Waals surface area contributed by atoms with Gasteiger partial charge in [-0.3, -0.25) is 4.79 Å². The number of pyridine rings is 1. The van der Waals surface area contributed by atoms with Crippen molar-refractivity contribution < 1.29 is 5.11 Å². The molecule has 0 aliphatic rings. The quantitative estimate of drug-likeness (QED) is 0.561. The van der Waals surface area contributed by atoms with Gasteiger partial charge in [0.15, 0.2) is 0 Å². The third-order valence-corrected chi connectivity index (χ3v) is 2.73. The number of hydrogen-bond acceptors (Lipinski definition) is 2. The topological polar surface area (TPSA) is 53.1 Å². The van der Waals surface area contributed by atoms with Crippen LogP contribution in [0.4, 0.5) is 0 Å². The summed E-state index contributed by atoms with van der Waals surface area (Å²) >= 11 is 0. The van der Waals surface area contributed by atoms with Crippen molar-refractivity contribution in [3.05, 3.63) is 52.8 Å². The van der Waals surface area contributed by atoms with E-state index < -0.39 is 0 Å². The van der Waals surface area contributed by atoms with E-state index in [1.54, 1.807) is 24.3 Å². The van der Waals surface area contributed by atoms with Crippen molar-refractivity contribution in [1.29, 1.82) is 0 Å². The highest BCUT2D eigenvalue weighted by atomic mass is 16.3. The van der Waals surface area contributed by atoms with E-state index in [4.69, 9.17) is 0 Å². The van der Waals surface area contributed by atoms with Crippen molar-refractivity contribution in [2.75, 3.05) is 0 Å². The van der Waals surface area contributed by atoms with Crippen LogP contribution in [-0.4, -0.2) is 10.1 Å². The molecule has 16 heavy (non-hydrogen) atoms. The third-order valence-electron chi connectivity index (χ3n) is 2.73. The second-order valence-electron chi connectivity index (χ2n) is 3.70. The Kier molecular flexibility index (Phi) is 1.74. The molecule has 0 bridgehead atoms. The Balaban J connectivity index is 2.72. The van der Waals surface area contributed by atoms with Gasteiger partial charge in [-0.2, -0.15) is 0 Å². The van der Waals surface area contributed by atoms with Crippen molar-refractivity contribution in [3.63, 3.8) is 0 Å². The van der Waals surface area contributed by atoms with Crippen LogP contribution in [0, 0.1) is 0 Å². The second kappa shape index (κ2) is 3.10. The maximum atomic E-state index is 11.8. The summed E-state index contributed by atoms with van der Waals surface area (Å²) < 4.78 is 0. The number of aromatic hydroxyl groups is 1. The van der Waals surface area contributed by atoms with E-state index in [0.29, 0.717) is 16.3 Å². The van der Waals surface area contributed by atoms with Crippen LogP contribution in [0.1, 0.15) is 0 Å². The number of phenols is 1. The van der Waals surface area contributed by atoms with Crippen LogP contribution in [0.3, 0.4) is 0 Å². The van der Waals surface area contributed by atoms with Crippen molar-refractivity contribution in [3.8, 4) is 5.75 Å². The van der Waals surface area contributed by atoms with Gasteiger partial charge in [0.1, 0.15) is 5.75 Å². The van der Waals surface area contributed by atoms with Crippen LogP contribution < -0.4 is 5.56 Å². The van der Waals surface area contributed by atoms with Gasteiger partial charge in [0.25, 0.3) is 5.56 Å². The van der Waals surface area contributed by atoms with Crippen LogP contribution in [0.2, 0.25) is 0 Å². The lowest BCUT2D eigenvalue weighted by Crippen LogP contribution is -2.05. The van der Waals surface area contributed by atoms with E-state index in [1.807, 2.05) is 18.2 Å². The van der Waals surface area contributed by atoms with Gasteiger partial charge in [0.05, 0.1) is 5.52 Å². The highest BCUT2D eigenvalue weighted by Crippen LogP contribution is 2.28. The molecule has 3 heteroatoms. The van der Waals surface area contributed by atoms with Gasteiger partial charge in [-0.1, -0.05) is 24.3 Å². The number of aromatic nitrogens is 1. The number of fused-ring (bicyclic) bond motifs is 3. The standard InChI is InChI=1S/C13H9NO2/c15-11-7-3-6-10-12(11)8-4-1-2-5-9(8)13(16)14-10/h1-7,15H,(H,14,16). The number of H-pyrrole nitrogens is 1. The molecule has 3 rings (SSSR count). The van der Waals surface area contributed by atoms with E-state index in [9.17, 15) is 9.90 Å². The number of nitrogens with one attached hydrogen (secondary N) is 1. The van der Waals surface area contributed by atoms with Gasteiger partial charge in [-0.05, 0) is 18.2 Å². The molecule has 78 valence electrons. The number of hydrogen-bond donors (Lipinski definition) is 2. The van der Waals surface area contributed by atoms with Gasteiger partial charge in [-0.25, -0.2) is 0 Å². The summed E-state index contributed by atoms with van der Waals surface area (Å²) in [6, 6.07) is 12.4. The Hall–Kier alpha value is -2.29. The molecular weight excluding hydrogens is 202 g/mol. The Labute approximate surface area is 91.0 Å². The Bertz CT molecular complexity index is 744. The van der Waals surface area contributed by atoms with E-state index in [1.165, 1.54) is 0 Å². The zero-order valence-electron chi connectivity index (χ0n) is 8.40. The molecule has 0 aliphatic heterocycles. The van der Waals surface area contributed by atoms with Gasteiger partial charge >= 0.3 is 0 Å². The Morgan fingerprint density at radius 3 is 2.50 bits per heavy atom. The van der Waals surface area contributed by atoms with Crippen LogP contribution >= 0.6 is 0 Å². The number of aromatic amines is 1. The number of phenolic OH excluding ortho intramolecular Hbond substituents is 1. The summed E-state index contributed by atoms with van der Waals surface area (Å²) in [6.45, 7) is 0. The molecule has 0 radical (unpaired) electrons. The largest absolute Gasteiger partial charge is 0.507 e. The van der Waals surface area contributed by atoms with E-state index >= 15 is 0 Å². The molecule has 0 aliphatic carbocycles. The van der Waals surface area contributed by atoms with Gasteiger partial charge < -0.3 is 10.1 Å². The Morgan fingerprint density at radius 1 is 0.938 bits per heavy atom. The summed E-state index contributed by atoms with van der Waals surface area (Å²) in [5.74, 6) is 0.185. The predicted octanol–water partition coefficient (Wildman–Crippen LogP) is 2.39. The fourth-order valence-electron chi connectivity index (χ4n) is 2.02. The molecular formula is C13H9NO2. The lowest BCUT2D eigenvalue weighted by atomic mass is 10.1. The maximum absolute atomic E-state index is 11.8. The molecule has 0 amide bonds. The van der Waals surface area contributed by atoms with Crippen LogP contribution in [-0.2, 0) is 0 Å². The zero-order chi connectivity index (χ0) is 11.1. The molecule has 2 N–H and O–H groups in total. The average Bonchev–Trinajstić information content (AvgIpc) is 2.29. The minimum Gasteiger partial charge on any atom is -0.507 e. The molecule has 3 nitrogen and oxygen atoms in total. The monoisotopic (exact) mass is 211 g/mol. The highest BCUT2D eigenvalue weighted by Gasteiger charge is 2.07. The van der Waals surface area contributed by atoms with Crippen molar-refractivity contribution in [1.82, 2.24) is 4.98 Å². The fraction of sp³-hybridized carbons (Fsp3) is 0. The lowest BCUT2D eigenvalue weighted by molar-refractivity contribution is 0.482. The highest BCUT2D eigenvalue weighted by molar-refractivity contribution is 6.08. The summed E-state index contributed by atoms with van der Waals surface area (Å²) in [5.41, 5.74) is 0.525. The maximum Gasteiger partial charge on any atom is 0.256 e. The molecule has 0 spiro atoms.